The highest BCUT2D eigenvalue weighted by atomic mass is 19.1. The molecule has 5 nitrogen and oxygen atoms in total. The van der Waals surface area contributed by atoms with Crippen LogP contribution < -0.4 is 5.32 Å². The van der Waals surface area contributed by atoms with Gasteiger partial charge in [0.05, 0.1) is 12.7 Å². The summed E-state index contributed by atoms with van der Waals surface area (Å²) in [6.45, 7) is 1.02. The maximum absolute atomic E-state index is 12.8. The number of benzene rings is 1. The third-order valence-electron chi connectivity index (χ3n) is 2.70. The Morgan fingerprint density at radius 1 is 1.35 bits per heavy atom. The van der Waals surface area contributed by atoms with Crippen LogP contribution in [0.2, 0.25) is 0 Å². The first-order valence-corrected chi connectivity index (χ1v) is 6.28. The van der Waals surface area contributed by atoms with E-state index < -0.39 is 5.97 Å². The van der Waals surface area contributed by atoms with Crippen LogP contribution >= 0.6 is 0 Å². The van der Waals surface area contributed by atoms with E-state index in [0.717, 1.165) is 5.56 Å². The average molecular weight is 278 g/mol. The summed E-state index contributed by atoms with van der Waals surface area (Å²) < 4.78 is 18.3. The van der Waals surface area contributed by atoms with Crippen LogP contribution in [0.4, 0.5) is 4.39 Å². The lowest BCUT2D eigenvalue weighted by molar-refractivity contribution is -0.137. The number of nitrogens with one attached hydrogen (secondary N) is 1. The van der Waals surface area contributed by atoms with Gasteiger partial charge in [0, 0.05) is 12.0 Å². The van der Waals surface area contributed by atoms with Gasteiger partial charge >= 0.3 is 5.97 Å². The zero-order valence-corrected chi connectivity index (χ0v) is 10.8. The van der Waals surface area contributed by atoms with Gasteiger partial charge in [0.15, 0.2) is 5.76 Å². The van der Waals surface area contributed by atoms with Crippen LogP contribution in [0.25, 0.3) is 11.3 Å². The predicted octanol–water partition coefficient (Wildman–Crippen LogP) is 2.44. The normalized spacial score (nSPS) is 10.7. The molecule has 2 N–H and O–H groups in total. The van der Waals surface area contributed by atoms with Gasteiger partial charge in [-0.2, -0.15) is 0 Å². The quantitative estimate of drug-likeness (QED) is 0.761. The molecular weight excluding hydrogens is 263 g/mol. The van der Waals surface area contributed by atoms with Crippen LogP contribution in [0.3, 0.4) is 0 Å². The Kier molecular flexibility index (Phi) is 4.84. The van der Waals surface area contributed by atoms with Crippen LogP contribution in [0.5, 0.6) is 0 Å². The number of aliphatic carboxylic acids is 1. The maximum atomic E-state index is 12.8. The van der Waals surface area contributed by atoms with E-state index in [1.54, 1.807) is 18.3 Å². The van der Waals surface area contributed by atoms with Crippen molar-refractivity contribution < 1.29 is 18.7 Å². The molecule has 6 heteroatoms. The Labute approximate surface area is 115 Å². The van der Waals surface area contributed by atoms with Gasteiger partial charge in [0.1, 0.15) is 5.82 Å². The molecule has 0 saturated heterocycles. The molecule has 0 aliphatic heterocycles. The molecule has 0 fully saturated rings. The molecule has 1 heterocycles. The first-order chi connectivity index (χ1) is 9.65. The molecular formula is C14H15FN2O3. The Bertz CT molecular complexity index is 566. The minimum absolute atomic E-state index is 0.138. The van der Waals surface area contributed by atoms with Crippen molar-refractivity contribution in [3.63, 3.8) is 0 Å². The maximum Gasteiger partial charge on any atom is 0.303 e. The van der Waals surface area contributed by atoms with Crippen LogP contribution in [0.1, 0.15) is 18.7 Å². The Morgan fingerprint density at radius 2 is 2.10 bits per heavy atom. The number of carboxylic acids is 1. The number of oxazole rings is 1. The van der Waals surface area contributed by atoms with Crippen LogP contribution in [-0.4, -0.2) is 22.6 Å². The van der Waals surface area contributed by atoms with Gasteiger partial charge in [0.2, 0.25) is 5.89 Å². The molecule has 0 radical (unpaired) electrons. The fourth-order valence-electron chi connectivity index (χ4n) is 1.70. The molecule has 106 valence electrons. The molecule has 0 saturated carbocycles. The predicted molar refractivity (Wildman–Crippen MR) is 70.5 cm³/mol. The first kappa shape index (κ1) is 14.2. The summed E-state index contributed by atoms with van der Waals surface area (Å²) in [5, 5.41) is 11.5. The van der Waals surface area contributed by atoms with Crippen molar-refractivity contribution in [1.82, 2.24) is 10.3 Å². The smallest absolute Gasteiger partial charge is 0.303 e. The number of carbonyl (C=O) groups is 1. The molecule has 0 atom stereocenters. The van der Waals surface area contributed by atoms with Gasteiger partial charge < -0.3 is 14.8 Å². The molecule has 1 aromatic heterocycles. The van der Waals surface area contributed by atoms with Crippen LogP contribution in [0.15, 0.2) is 34.9 Å². The minimum Gasteiger partial charge on any atom is -0.481 e. The highest BCUT2D eigenvalue weighted by Crippen LogP contribution is 2.20. The zero-order chi connectivity index (χ0) is 14.4. The van der Waals surface area contributed by atoms with Crippen molar-refractivity contribution in [1.29, 1.82) is 0 Å². The van der Waals surface area contributed by atoms with Crippen molar-refractivity contribution in [3.05, 3.63) is 42.2 Å². The van der Waals surface area contributed by atoms with Gasteiger partial charge in [-0.1, -0.05) is 0 Å². The summed E-state index contributed by atoms with van der Waals surface area (Å²) in [4.78, 5) is 14.4. The number of nitrogens with zero attached hydrogens (tertiary/aromatic N) is 1. The van der Waals surface area contributed by atoms with Crippen molar-refractivity contribution in [2.75, 3.05) is 6.54 Å². The number of carboxylic acid groups (broad SMARTS) is 1. The third kappa shape index (κ3) is 4.17. The van der Waals surface area contributed by atoms with Gasteiger partial charge in [0.25, 0.3) is 0 Å². The van der Waals surface area contributed by atoms with Gasteiger partial charge in [-0.15, -0.1) is 0 Å². The standard InChI is InChI=1S/C14H15FN2O3/c15-11-5-3-10(4-6-11)12-8-17-13(20-12)9-16-7-1-2-14(18)19/h3-6,8,16H,1-2,7,9H2,(H,18,19). The Morgan fingerprint density at radius 3 is 2.80 bits per heavy atom. The summed E-state index contributed by atoms with van der Waals surface area (Å²) in [6.07, 6.45) is 2.28. The first-order valence-electron chi connectivity index (χ1n) is 6.28. The van der Waals surface area contributed by atoms with Gasteiger partial charge in [-0.3, -0.25) is 4.79 Å². The lowest BCUT2D eigenvalue weighted by atomic mass is 10.2. The number of rotatable bonds is 7. The number of hydrogen-bond donors (Lipinski definition) is 2. The van der Waals surface area contributed by atoms with Crippen LogP contribution in [-0.2, 0) is 11.3 Å². The topological polar surface area (TPSA) is 75.4 Å². The largest absolute Gasteiger partial charge is 0.481 e. The number of hydrogen-bond acceptors (Lipinski definition) is 4. The Balaban J connectivity index is 1.83. The summed E-state index contributed by atoms with van der Waals surface area (Å²) >= 11 is 0. The number of aromatic nitrogens is 1. The van der Waals surface area contributed by atoms with Crippen molar-refractivity contribution in [2.24, 2.45) is 0 Å². The molecule has 2 rings (SSSR count). The highest BCUT2D eigenvalue weighted by molar-refractivity contribution is 5.66. The van der Waals surface area contributed by atoms with E-state index in [0.29, 0.717) is 31.2 Å². The monoisotopic (exact) mass is 278 g/mol. The van der Waals surface area contributed by atoms with E-state index in [1.165, 1.54) is 12.1 Å². The van der Waals surface area contributed by atoms with Crippen LogP contribution in [0, 0.1) is 5.82 Å². The van der Waals surface area contributed by atoms with E-state index in [9.17, 15) is 9.18 Å². The number of halogens is 1. The molecule has 0 spiro atoms. The summed E-state index contributed by atoms with van der Waals surface area (Å²) in [7, 11) is 0. The molecule has 0 aliphatic rings. The minimum atomic E-state index is -0.804. The molecule has 1 aromatic carbocycles. The lowest BCUT2D eigenvalue weighted by Crippen LogP contribution is -2.15. The lowest BCUT2D eigenvalue weighted by Gasteiger charge is -2.00. The van der Waals surface area contributed by atoms with E-state index in [-0.39, 0.29) is 12.2 Å². The highest BCUT2D eigenvalue weighted by Gasteiger charge is 2.06. The molecule has 0 bridgehead atoms. The van der Waals surface area contributed by atoms with Crippen molar-refractivity contribution >= 4 is 5.97 Å². The second-order valence-corrected chi connectivity index (χ2v) is 4.30. The van der Waals surface area contributed by atoms with E-state index in [1.807, 2.05) is 0 Å². The summed E-state index contributed by atoms with van der Waals surface area (Å²) in [5.41, 5.74) is 0.760. The van der Waals surface area contributed by atoms with Crippen molar-refractivity contribution in [2.45, 2.75) is 19.4 Å². The van der Waals surface area contributed by atoms with E-state index >= 15 is 0 Å². The summed E-state index contributed by atoms with van der Waals surface area (Å²) in [5.74, 6) is -0.0120. The fourth-order valence-corrected chi connectivity index (χ4v) is 1.70. The second kappa shape index (κ2) is 6.81. The molecule has 0 aliphatic carbocycles. The van der Waals surface area contributed by atoms with E-state index in [2.05, 4.69) is 10.3 Å². The SMILES string of the molecule is O=C(O)CCCNCc1ncc(-c2ccc(F)cc2)o1. The second-order valence-electron chi connectivity index (χ2n) is 4.30. The van der Waals surface area contributed by atoms with Gasteiger partial charge in [-0.25, -0.2) is 9.37 Å². The molecule has 0 amide bonds. The average Bonchev–Trinajstić information content (AvgIpc) is 2.87. The van der Waals surface area contributed by atoms with Crippen molar-refractivity contribution in [3.8, 4) is 11.3 Å². The summed E-state index contributed by atoms with van der Waals surface area (Å²) in [6, 6.07) is 5.98. The zero-order valence-electron chi connectivity index (χ0n) is 10.8. The Hall–Kier alpha value is -2.21. The molecule has 0 unspecified atom stereocenters. The molecule has 20 heavy (non-hydrogen) atoms. The fraction of sp³-hybridized carbons (Fsp3) is 0.286. The molecule has 2 aromatic rings. The third-order valence-corrected chi connectivity index (χ3v) is 2.70. The van der Waals surface area contributed by atoms with E-state index in [4.69, 9.17) is 9.52 Å². The van der Waals surface area contributed by atoms with Gasteiger partial charge in [-0.05, 0) is 37.2 Å².